The number of likely N-dealkylation sites (tertiary alicyclic amines) is 1. The van der Waals surface area contributed by atoms with E-state index in [0.717, 1.165) is 24.0 Å². The van der Waals surface area contributed by atoms with Crippen LogP contribution in [0.15, 0.2) is 65.8 Å². The molecule has 2 aromatic rings. The van der Waals surface area contributed by atoms with Crippen LogP contribution in [0.25, 0.3) is 0 Å². The first kappa shape index (κ1) is 16.1. The largest absolute Gasteiger partial charge is 0.465 e. The van der Waals surface area contributed by atoms with E-state index < -0.39 is 6.09 Å². The van der Waals surface area contributed by atoms with Crippen LogP contribution in [0.2, 0.25) is 0 Å². The summed E-state index contributed by atoms with van der Waals surface area (Å²) in [6.45, 7) is 0.890. The highest BCUT2D eigenvalue weighted by molar-refractivity contribution is 6.05. The zero-order chi connectivity index (χ0) is 16.8. The molecule has 0 aliphatic carbocycles. The number of oxime groups is 1. The summed E-state index contributed by atoms with van der Waals surface area (Å²) in [6, 6.07) is 19.2. The molecule has 24 heavy (non-hydrogen) atoms. The number of nitrogens with zero attached hydrogens (tertiary/aromatic N) is 2. The van der Waals surface area contributed by atoms with Crippen molar-refractivity contribution in [2.45, 2.75) is 25.5 Å². The van der Waals surface area contributed by atoms with Crippen molar-refractivity contribution >= 4 is 11.8 Å². The van der Waals surface area contributed by atoms with Gasteiger partial charge in [0.15, 0.2) is 0 Å². The molecule has 1 amide bonds. The molecule has 1 saturated heterocycles. The van der Waals surface area contributed by atoms with Gasteiger partial charge >= 0.3 is 6.09 Å². The number of carboxylic acid groups (broad SMARTS) is 1. The first-order valence-electron chi connectivity index (χ1n) is 8.04. The number of rotatable bonds is 5. The second-order valence-electron chi connectivity index (χ2n) is 5.74. The number of carbonyl (C=O) groups is 1. The van der Waals surface area contributed by atoms with Crippen molar-refractivity contribution in [2.75, 3.05) is 6.54 Å². The molecule has 5 heteroatoms. The Labute approximate surface area is 141 Å². The van der Waals surface area contributed by atoms with E-state index >= 15 is 0 Å². The zero-order valence-corrected chi connectivity index (χ0v) is 13.3. The highest BCUT2D eigenvalue weighted by atomic mass is 16.6. The summed E-state index contributed by atoms with van der Waals surface area (Å²) in [4.78, 5) is 18.5. The minimum atomic E-state index is -0.913. The molecule has 0 spiro atoms. The van der Waals surface area contributed by atoms with Crippen LogP contribution >= 0.6 is 0 Å². The third-order valence-electron chi connectivity index (χ3n) is 4.12. The number of hydrogen-bond donors (Lipinski definition) is 1. The highest BCUT2D eigenvalue weighted by Crippen LogP contribution is 2.22. The van der Waals surface area contributed by atoms with Gasteiger partial charge in [-0.1, -0.05) is 65.8 Å². The Morgan fingerprint density at radius 2 is 1.79 bits per heavy atom. The lowest BCUT2D eigenvalue weighted by Gasteiger charge is -2.23. The maximum Gasteiger partial charge on any atom is 0.407 e. The second kappa shape index (κ2) is 7.64. The average molecular weight is 324 g/mol. The molecule has 0 bridgehead atoms. The molecule has 1 N–H and O–H groups in total. The molecule has 3 rings (SSSR count). The van der Waals surface area contributed by atoms with Gasteiger partial charge in [0.05, 0.1) is 6.04 Å². The monoisotopic (exact) mass is 324 g/mol. The molecule has 1 heterocycles. The van der Waals surface area contributed by atoms with Crippen molar-refractivity contribution in [1.82, 2.24) is 4.90 Å². The molecule has 124 valence electrons. The van der Waals surface area contributed by atoms with Gasteiger partial charge in [0.1, 0.15) is 12.3 Å². The van der Waals surface area contributed by atoms with Gasteiger partial charge in [-0.25, -0.2) is 4.79 Å². The summed E-state index contributed by atoms with van der Waals surface area (Å²) in [5, 5.41) is 13.7. The minimum absolute atomic E-state index is 0.263. The first-order chi connectivity index (χ1) is 11.8. The van der Waals surface area contributed by atoms with E-state index in [-0.39, 0.29) is 6.04 Å². The van der Waals surface area contributed by atoms with Crippen LogP contribution in [0, 0.1) is 0 Å². The Morgan fingerprint density at radius 1 is 1.12 bits per heavy atom. The van der Waals surface area contributed by atoms with E-state index in [1.54, 1.807) is 0 Å². The van der Waals surface area contributed by atoms with Crippen LogP contribution in [0.1, 0.15) is 24.0 Å². The molecule has 1 aliphatic heterocycles. The number of amides is 1. The molecular weight excluding hydrogens is 304 g/mol. The Bertz CT molecular complexity index is 701. The third-order valence-corrected chi connectivity index (χ3v) is 4.12. The van der Waals surface area contributed by atoms with Crippen molar-refractivity contribution in [1.29, 1.82) is 0 Å². The van der Waals surface area contributed by atoms with Crippen molar-refractivity contribution in [3.63, 3.8) is 0 Å². The van der Waals surface area contributed by atoms with E-state index in [9.17, 15) is 9.90 Å². The van der Waals surface area contributed by atoms with Gasteiger partial charge in [0.2, 0.25) is 0 Å². The lowest BCUT2D eigenvalue weighted by Crippen LogP contribution is -2.40. The van der Waals surface area contributed by atoms with Gasteiger partial charge in [-0.2, -0.15) is 0 Å². The topological polar surface area (TPSA) is 62.1 Å². The van der Waals surface area contributed by atoms with E-state index in [1.807, 2.05) is 60.7 Å². The fourth-order valence-corrected chi connectivity index (χ4v) is 2.95. The molecule has 0 saturated carbocycles. The van der Waals surface area contributed by atoms with Crippen LogP contribution in [0.3, 0.4) is 0 Å². The first-order valence-corrected chi connectivity index (χ1v) is 8.04. The fourth-order valence-electron chi connectivity index (χ4n) is 2.95. The Balaban J connectivity index is 1.82. The quantitative estimate of drug-likeness (QED) is 0.673. The summed E-state index contributed by atoms with van der Waals surface area (Å²) in [5.74, 6) is 0. The maximum atomic E-state index is 11.5. The summed E-state index contributed by atoms with van der Waals surface area (Å²) in [7, 11) is 0. The van der Waals surface area contributed by atoms with E-state index in [2.05, 4.69) is 5.16 Å². The van der Waals surface area contributed by atoms with Crippen LogP contribution < -0.4 is 0 Å². The molecular formula is C19H20N2O3. The lowest BCUT2D eigenvalue weighted by molar-refractivity contribution is 0.125. The van der Waals surface area contributed by atoms with Gasteiger partial charge in [-0.3, -0.25) is 4.90 Å². The van der Waals surface area contributed by atoms with Crippen molar-refractivity contribution in [2.24, 2.45) is 5.16 Å². The minimum Gasteiger partial charge on any atom is -0.465 e. The van der Waals surface area contributed by atoms with E-state index in [0.29, 0.717) is 18.9 Å². The standard InChI is InChI=1S/C19H20N2O3/c22-19(23)21-13-7-12-17(21)18(16-10-5-2-6-11-16)20-24-14-15-8-3-1-4-9-15/h1-6,8-11,17H,7,12-14H2,(H,22,23)/b20-18-. The van der Waals surface area contributed by atoms with Crippen LogP contribution in [-0.2, 0) is 11.4 Å². The van der Waals surface area contributed by atoms with Gasteiger partial charge in [-0.05, 0) is 18.4 Å². The van der Waals surface area contributed by atoms with Crippen molar-refractivity contribution in [3.8, 4) is 0 Å². The van der Waals surface area contributed by atoms with Gasteiger partial charge < -0.3 is 9.94 Å². The van der Waals surface area contributed by atoms with Gasteiger partial charge in [-0.15, -0.1) is 0 Å². The maximum absolute atomic E-state index is 11.5. The van der Waals surface area contributed by atoms with Gasteiger partial charge in [0, 0.05) is 12.1 Å². The normalized spacial score (nSPS) is 17.8. The SMILES string of the molecule is O=C(O)N1CCCC1/C(=N\OCc1ccccc1)c1ccccc1. The van der Waals surface area contributed by atoms with Crippen LogP contribution in [0.5, 0.6) is 0 Å². The average Bonchev–Trinajstić information content (AvgIpc) is 3.10. The van der Waals surface area contributed by atoms with Gasteiger partial charge in [0.25, 0.3) is 0 Å². The van der Waals surface area contributed by atoms with Crippen molar-refractivity contribution < 1.29 is 14.7 Å². The molecule has 2 aromatic carbocycles. The Hall–Kier alpha value is -2.82. The zero-order valence-electron chi connectivity index (χ0n) is 13.3. The summed E-state index contributed by atoms with van der Waals surface area (Å²) in [6.07, 6.45) is 0.681. The number of hydrogen-bond acceptors (Lipinski definition) is 3. The predicted molar refractivity (Wildman–Crippen MR) is 92.0 cm³/mol. The summed E-state index contributed by atoms with van der Waals surface area (Å²) in [5.41, 5.74) is 2.59. The molecule has 1 aliphatic rings. The Morgan fingerprint density at radius 3 is 2.46 bits per heavy atom. The molecule has 0 radical (unpaired) electrons. The van der Waals surface area contributed by atoms with Crippen molar-refractivity contribution in [3.05, 3.63) is 71.8 Å². The molecule has 5 nitrogen and oxygen atoms in total. The van der Waals surface area contributed by atoms with E-state index in [4.69, 9.17) is 4.84 Å². The molecule has 1 atom stereocenters. The molecule has 1 unspecified atom stereocenters. The summed E-state index contributed by atoms with van der Waals surface area (Å²) >= 11 is 0. The van der Waals surface area contributed by atoms with Crippen LogP contribution in [-0.4, -0.2) is 34.4 Å². The summed E-state index contributed by atoms with van der Waals surface area (Å²) < 4.78 is 0. The Kier molecular flexibility index (Phi) is 5.11. The molecule has 0 aromatic heterocycles. The smallest absolute Gasteiger partial charge is 0.407 e. The third kappa shape index (κ3) is 3.74. The van der Waals surface area contributed by atoms with Crippen LogP contribution in [0.4, 0.5) is 4.79 Å². The fraction of sp³-hybridized carbons (Fsp3) is 0.263. The second-order valence-corrected chi connectivity index (χ2v) is 5.74. The highest BCUT2D eigenvalue weighted by Gasteiger charge is 2.33. The molecule has 1 fully saturated rings. The predicted octanol–water partition coefficient (Wildman–Crippen LogP) is 3.75. The van der Waals surface area contributed by atoms with E-state index in [1.165, 1.54) is 4.90 Å². The lowest BCUT2D eigenvalue weighted by atomic mass is 10.0. The number of benzene rings is 2.